The van der Waals surface area contributed by atoms with E-state index in [9.17, 15) is 13.2 Å². The Kier molecular flexibility index (Phi) is 5.71. The lowest BCUT2D eigenvalue weighted by atomic mass is 10.1. The number of hydrogen-bond donors (Lipinski definition) is 1. The Morgan fingerprint density at radius 2 is 2.07 bits per heavy atom. The van der Waals surface area contributed by atoms with Crippen LogP contribution in [0, 0.1) is 5.92 Å². The number of hydrogen-bond acceptors (Lipinski definition) is 4. The van der Waals surface area contributed by atoms with Crippen molar-refractivity contribution in [3.05, 3.63) is 0 Å². The van der Waals surface area contributed by atoms with Crippen LogP contribution in [0.15, 0.2) is 0 Å². The van der Waals surface area contributed by atoms with E-state index >= 15 is 0 Å². The minimum Gasteiger partial charge on any atom is -0.464 e. The fraction of sp³-hybridized carbons (Fsp3) is 0.875. The molecule has 14 heavy (non-hydrogen) atoms. The molecule has 0 heterocycles. The molecule has 0 bridgehead atoms. The van der Waals surface area contributed by atoms with E-state index in [1.54, 1.807) is 6.92 Å². The van der Waals surface area contributed by atoms with Crippen molar-refractivity contribution in [1.29, 1.82) is 0 Å². The van der Waals surface area contributed by atoms with Crippen molar-refractivity contribution in [2.75, 3.05) is 19.4 Å². The topological polar surface area (TPSA) is 72.5 Å². The minimum absolute atomic E-state index is 0.0909. The van der Waals surface area contributed by atoms with Crippen molar-refractivity contribution in [3.63, 3.8) is 0 Å². The molecular weight excluding hydrogens is 206 g/mol. The molecular formula is C8H17NO4S. The van der Waals surface area contributed by atoms with Crippen LogP contribution in [0.3, 0.4) is 0 Å². The molecule has 0 aromatic rings. The minimum atomic E-state index is -3.27. The molecule has 1 N–H and O–H groups in total. The second kappa shape index (κ2) is 5.98. The Hall–Kier alpha value is -0.620. The smallest absolute Gasteiger partial charge is 0.308 e. The highest BCUT2D eigenvalue weighted by Gasteiger charge is 2.13. The van der Waals surface area contributed by atoms with Crippen molar-refractivity contribution in [2.24, 2.45) is 5.92 Å². The highest BCUT2D eigenvalue weighted by atomic mass is 32.2. The summed E-state index contributed by atoms with van der Waals surface area (Å²) in [5.41, 5.74) is 0. The van der Waals surface area contributed by atoms with Gasteiger partial charge in [-0.25, -0.2) is 13.1 Å². The third-order valence-corrected chi connectivity index (χ3v) is 3.25. The van der Waals surface area contributed by atoms with Gasteiger partial charge >= 0.3 is 5.97 Å². The highest BCUT2D eigenvalue weighted by molar-refractivity contribution is 7.89. The Balaban J connectivity index is 3.81. The molecule has 0 aliphatic carbocycles. The van der Waals surface area contributed by atoms with E-state index in [2.05, 4.69) is 4.72 Å². The molecule has 0 saturated carbocycles. The zero-order valence-corrected chi connectivity index (χ0v) is 9.56. The summed E-state index contributed by atoms with van der Waals surface area (Å²) < 4.78 is 28.7. The molecule has 0 amide bonds. The number of sulfonamides is 1. The van der Waals surface area contributed by atoms with Crippen LogP contribution in [0.4, 0.5) is 0 Å². The molecule has 0 spiro atoms. The predicted octanol–water partition coefficient (Wildman–Crippen LogP) is 0.125. The van der Waals surface area contributed by atoms with E-state index in [0.29, 0.717) is 6.42 Å². The fourth-order valence-electron chi connectivity index (χ4n) is 0.663. The Bertz CT molecular complexity index is 273. The largest absolute Gasteiger partial charge is 0.464 e. The molecule has 1 unspecified atom stereocenters. The van der Waals surface area contributed by atoms with Gasteiger partial charge in [-0.2, -0.15) is 0 Å². The molecule has 0 aromatic carbocycles. The van der Waals surface area contributed by atoms with Crippen LogP contribution >= 0.6 is 0 Å². The Morgan fingerprint density at radius 3 is 2.50 bits per heavy atom. The fourth-order valence-corrected chi connectivity index (χ4v) is 1.17. The van der Waals surface area contributed by atoms with E-state index in [-0.39, 0.29) is 24.2 Å². The number of ether oxygens (including phenoxy) is 1. The molecule has 6 heteroatoms. The summed E-state index contributed by atoms with van der Waals surface area (Å²) in [5.74, 6) is -0.711. The van der Waals surface area contributed by atoms with Crippen LogP contribution in [0.1, 0.15) is 20.3 Å². The molecule has 0 fully saturated rings. The summed E-state index contributed by atoms with van der Waals surface area (Å²) in [6, 6.07) is 0. The first-order valence-corrected chi connectivity index (χ1v) is 6.16. The molecule has 5 nitrogen and oxygen atoms in total. The molecule has 0 aliphatic heterocycles. The van der Waals surface area contributed by atoms with Crippen LogP contribution in [-0.2, 0) is 19.6 Å². The second-order valence-electron chi connectivity index (χ2n) is 3.00. The van der Waals surface area contributed by atoms with Crippen LogP contribution < -0.4 is 4.72 Å². The van der Waals surface area contributed by atoms with Gasteiger partial charge in [-0.1, -0.05) is 13.8 Å². The SMILES string of the molecule is CCC(C)C(=O)OCCS(=O)(=O)NC. The van der Waals surface area contributed by atoms with E-state index < -0.39 is 10.0 Å². The highest BCUT2D eigenvalue weighted by Crippen LogP contribution is 2.02. The van der Waals surface area contributed by atoms with Gasteiger partial charge in [0, 0.05) is 0 Å². The summed E-state index contributed by atoms with van der Waals surface area (Å²) in [6.07, 6.45) is 0.692. The lowest BCUT2D eigenvalue weighted by Gasteiger charge is -2.08. The van der Waals surface area contributed by atoms with Crippen molar-refractivity contribution in [2.45, 2.75) is 20.3 Å². The molecule has 0 aliphatic rings. The number of carbonyl (C=O) groups excluding carboxylic acids is 1. The molecule has 0 rings (SSSR count). The first-order valence-electron chi connectivity index (χ1n) is 4.50. The van der Waals surface area contributed by atoms with Crippen LogP contribution in [0.2, 0.25) is 0 Å². The molecule has 0 aromatic heterocycles. The molecule has 84 valence electrons. The van der Waals surface area contributed by atoms with Crippen LogP contribution in [0.5, 0.6) is 0 Å². The molecule has 0 saturated heterocycles. The standard InChI is InChI=1S/C8H17NO4S/c1-4-7(2)8(10)13-5-6-14(11,12)9-3/h7,9H,4-6H2,1-3H3. The number of rotatable bonds is 6. The molecule has 0 radical (unpaired) electrons. The van der Waals surface area contributed by atoms with E-state index in [1.807, 2.05) is 6.92 Å². The van der Waals surface area contributed by atoms with Gasteiger partial charge < -0.3 is 4.74 Å². The van der Waals surface area contributed by atoms with E-state index in [4.69, 9.17) is 4.74 Å². The summed E-state index contributed by atoms with van der Waals surface area (Å²) >= 11 is 0. The van der Waals surface area contributed by atoms with Gasteiger partial charge in [0.1, 0.15) is 6.61 Å². The predicted molar refractivity (Wildman–Crippen MR) is 53.3 cm³/mol. The first kappa shape index (κ1) is 13.4. The van der Waals surface area contributed by atoms with Crippen LogP contribution in [-0.4, -0.2) is 33.8 Å². The quantitative estimate of drug-likeness (QED) is 0.649. The maximum absolute atomic E-state index is 11.1. The second-order valence-corrected chi connectivity index (χ2v) is 5.05. The maximum Gasteiger partial charge on any atom is 0.308 e. The third kappa shape index (κ3) is 5.18. The maximum atomic E-state index is 11.1. The van der Waals surface area contributed by atoms with Gasteiger partial charge in [-0.3, -0.25) is 4.79 Å². The Labute approximate surface area is 84.9 Å². The van der Waals surface area contributed by atoms with Crippen molar-refractivity contribution in [1.82, 2.24) is 4.72 Å². The summed E-state index contributed by atoms with van der Waals surface area (Å²) in [6.45, 7) is 3.53. The van der Waals surface area contributed by atoms with Gasteiger partial charge in [0.2, 0.25) is 10.0 Å². The average Bonchev–Trinajstić information content (AvgIpc) is 2.16. The van der Waals surface area contributed by atoms with E-state index in [0.717, 1.165) is 0 Å². The summed E-state index contributed by atoms with van der Waals surface area (Å²) in [7, 11) is -1.95. The van der Waals surface area contributed by atoms with Gasteiger partial charge in [0.05, 0.1) is 11.7 Å². The normalized spacial score (nSPS) is 13.6. The van der Waals surface area contributed by atoms with Gasteiger partial charge in [-0.05, 0) is 13.5 Å². The van der Waals surface area contributed by atoms with Crippen LogP contribution in [0.25, 0.3) is 0 Å². The zero-order chi connectivity index (χ0) is 11.2. The lowest BCUT2D eigenvalue weighted by molar-refractivity contribution is -0.147. The van der Waals surface area contributed by atoms with Crippen molar-refractivity contribution in [3.8, 4) is 0 Å². The number of nitrogens with one attached hydrogen (secondary N) is 1. The lowest BCUT2D eigenvalue weighted by Crippen LogP contribution is -2.26. The monoisotopic (exact) mass is 223 g/mol. The van der Waals surface area contributed by atoms with Crippen molar-refractivity contribution >= 4 is 16.0 Å². The average molecular weight is 223 g/mol. The van der Waals surface area contributed by atoms with Crippen molar-refractivity contribution < 1.29 is 17.9 Å². The van der Waals surface area contributed by atoms with Gasteiger partial charge in [-0.15, -0.1) is 0 Å². The Morgan fingerprint density at radius 1 is 1.50 bits per heavy atom. The third-order valence-electron chi connectivity index (χ3n) is 1.92. The number of carbonyl (C=O) groups is 1. The van der Waals surface area contributed by atoms with Gasteiger partial charge in [0.25, 0.3) is 0 Å². The first-order chi connectivity index (χ1) is 6.43. The summed E-state index contributed by atoms with van der Waals surface area (Å²) in [4.78, 5) is 11.1. The number of esters is 1. The zero-order valence-electron chi connectivity index (χ0n) is 8.74. The summed E-state index contributed by atoms with van der Waals surface area (Å²) in [5, 5.41) is 0. The molecule has 1 atom stereocenters. The van der Waals surface area contributed by atoms with Gasteiger partial charge in [0.15, 0.2) is 0 Å². The van der Waals surface area contributed by atoms with E-state index in [1.165, 1.54) is 7.05 Å².